The van der Waals surface area contributed by atoms with E-state index >= 15 is 0 Å². The first-order valence-electron chi connectivity index (χ1n) is 5.33. The molecule has 16 heavy (non-hydrogen) atoms. The van der Waals surface area contributed by atoms with Crippen LogP contribution in [0.4, 0.5) is 5.69 Å². The van der Waals surface area contributed by atoms with Crippen LogP contribution in [0.5, 0.6) is 0 Å². The minimum Gasteiger partial charge on any atom is -0.326 e. The number of rotatable bonds is 2. The Kier molecular flexibility index (Phi) is 4.14. The zero-order chi connectivity index (χ0) is 12.3. The Labute approximate surface area is 106 Å². The van der Waals surface area contributed by atoms with Gasteiger partial charge in [-0.2, -0.15) is 0 Å². The van der Waals surface area contributed by atoms with Crippen LogP contribution in [0.1, 0.15) is 32.8 Å². The van der Waals surface area contributed by atoms with Gasteiger partial charge in [-0.15, -0.1) is 0 Å². The summed E-state index contributed by atoms with van der Waals surface area (Å²) < 4.78 is 0.985. The van der Waals surface area contributed by atoms with Crippen LogP contribution < -0.4 is 5.32 Å². The standard InChI is InChI=1S/C13H18BrNO/c1-9-5-10(14)7-11(6-9)15-12(16)8-13(2,3)4/h5-7H,8H2,1-4H3,(H,15,16). The molecule has 0 unspecified atom stereocenters. The van der Waals surface area contributed by atoms with Crippen LogP contribution in [0.2, 0.25) is 0 Å². The van der Waals surface area contributed by atoms with Crippen molar-refractivity contribution < 1.29 is 4.79 Å². The molecule has 1 aromatic carbocycles. The first kappa shape index (κ1) is 13.2. The molecule has 0 saturated heterocycles. The fraction of sp³-hybridized carbons (Fsp3) is 0.462. The van der Waals surface area contributed by atoms with E-state index in [1.807, 2.05) is 25.1 Å². The monoisotopic (exact) mass is 283 g/mol. The van der Waals surface area contributed by atoms with Gasteiger partial charge in [0.25, 0.3) is 0 Å². The van der Waals surface area contributed by atoms with Crippen molar-refractivity contribution in [1.29, 1.82) is 0 Å². The fourth-order valence-corrected chi connectivity index (χ4v) is 2.10. The summed E-state index contributed by atoms with van der Waals surface area (Å²) in [6, 6.07) is 5.89. The van der Waals surface area contributed by atoms with E-state index in [-0.39, 0.29) is 11.3 Å². The highest BCUT2D eigenvalue weighted by Gasteiger charge is 2.15. The Morgan fingerprint density at radius 1 is 1.31 bits per heavy atom. The van der Waals surface area contributed by atoms with Crippen molar-refractivity contribution in [2.45, 2.75) is 34.1 Å². The number of hydrogen-bond acceptors (Lipinski definition) is 1. The predicted molar refractivity (Wildman–Crippen MR) is 71.6 cm³/mol. The molecule has 1 rings (SSSR count). The quantitative estimate of drug-likeness (QED) is 0.869. The van der Waals surface area contributed by atoms with Crippen LogP contribution in [0, 0.1) is 12.3 Å². The van der Waals surface area contributed by atoms with Crippen molar-refractivity contribution in [1.82, 2.24) is 0 Å². The summed E-state index contributed by atoms with van der Waals surface area (Å²) in [6.07, 6.45) is 0.526. The van der Waals surface area contributed by atoms with Gasteiger partial charge >= 0.3 is 0 Å². The van der Waals surface area contributed by atoms with E-state index in [0.717, 1.165) is 15.7 Å². The van der Waals surface area contributed by atoms with Gasteiger partial charge in [-0.05, 0) is 36.1 Å². The molecule has 1 amide bonds. The lowest BCUT2D eigenvalue weighted by molar-refractivity contribution is -0.117. The van der Waals surface area contributed by atoms with Gasteiger partial charge in [0.1, 0.15) is 0 Å². The Bertz CT molecular complexity index is 373. The zero-order valence-electron chi connectivity index (χ0n) is 10.2. The second-order valence-corrected chi connectivity index (χ2v) is 6.22. The average Bonchev–Trinajstić information content (AvgIpc) is 1.96. The van der Waals surface area contributed by atoms with Crippen LogP contribution in [0.3, 0.4) is 0 Å². The lowest BCUT2D eigenvalue weighted by atomic mass is 9.92. The Balaban J connectivity index is 2.70. The summed E-state index contributed by atoms with van der Waals surface area (Å²) >= 11 is 3.41. The zero-order valence-corrected chi connectivity index (χ0v) is 11.8. The average molecular weight is 284 g/mol. The lowest BCUT2D eigenvalue weighted by Crippen LogP contribution is -2.19. The molecule has 0 fully saturated rings. The minimum atomic E-state index is 0.0190. The molecule has 0 saturated carbocycles. The van der Waals surface area contributed by atoms with E-state index in [1.54, 1.807) is 0 Å². The molecule has 1 aromatic rings. The van der Waals surface area contributed by atoms with E-state index in [1.165, 1.54) is 0 Å². The van der Waals surface area contributed by atoms with Crippen LogP contribution in [0.25, 0.3) is 0 Å². The maximum atomic E-state index is 11.7. The van der Waals surface area contributed by atoms with E-state index in [2.05, 4.69) is 42.0 Å². The molecule has 0 radical (unpaired) electrons. The van der Waals surface area contributed by atoms with Crippen molar-refractivity contribution in [2.75, 3.05) is 5.32 Å². The maximum Gasteiger partial charge on any atom is 0.224 e. The van der Waals surface area contributed by atoms with Gasteiger partial charge in [0.2, 0.25) is 5.91 Å². The molecule has 0 aliphatic carbocycles. The smallest absolute Gasteiger partial charge is 0.224 e. The minimum absolute atomic E-state index is 0.0190. The van der Waals surface area contributed by atoms with Crippen molar-refractivity contribution >= 4 is 27.5 Å². The van der Waals surface area contributed by atoms with Gasteiger partial charge in [-0.1, -0.05) is 36.7 Å². The predicted octanol–water partition coefficient (Wildman–Crippen LogP) is 4.13. The molecular formula is C13H18BrNO. The normalized spacial score (nSPS) is 11.3. The molecule has 1 N–H and O–H groups in total. The van der Waals surface area contributed by atoms with E-state index < -0.39 is 0 Å². The number of halogens is 1. The second kappa shape index (κ2) is 5.00. The molecular weight excluding hydrogens is 266 g/mol. The third kappa shape index (κ3) is 4.79. The first-order chi connectivity index (χ1) is 7.26. The Morgan fingerprint density at radius 2 is 1.94 bits per heavy atom. The molecule has 0 spiro atoms. The number of aryl methyl sites for hydroxylation is 1. The molecule has 0 aromatic heterocycles. The number of amides is 1. The number of carbonyl (C=O) groups is 1. The highest BCUT2D eigenvalue weighted by Crippen LogP contribution is 2.22. The van der Waals surface area contributed by atoms with Gasteiger partial charge in [-0.3, -0.25) is 4.79 Å². The largest absolute Gasteiger partial charge is 0.326 e. The molecule has 3 heteroatoms. The van der Waals surface area contributed by atoms with Gasteiger partial charge < -0.3 is 5.32 Å². The van der Waals surface area contributed by atoms with Crippen molar-refractivity contribution in [3.63, 3.8) is 0 Å². The molecule has 0 heterocycles. The topological polar surface area (TPSA) is 29.1 Å². The highest BCUT2D eigenvalue weighted by atomic mass is 79.9. The molecule has 0 bridgehead atoms. The number of benzene rings is 1. The first-order valence-corrected chi connectivity index (χ1v) is 6.13. The van der Waals surface area contributed by atoms with Gasteiger partial charge in [-0.25, -0.2) is 0 Å². The van der Waals surface area contributed by atoms with Gasteiger partial charge in [0.05, 0.1) is 0 Å². The summed E-state index contributed by atoms with van der Waals surface area (Å²) in [5.41, 5.74) is 1.99. The van der Waals surface area contributed by atoms with Crippen molar-refractivity contribution in [2.24, 2.45) is 5.41 Å². The number of anilines is 1. The van der Waals surface area contributed by atoms with Crippen LogP contribution in [-0.2, 0) is 4.79 Å². The van der Waals surface area contributed by atoms with E-state index in [9.17, 15) is 4.79 Å². The maximum absolute atomic E-state index is 11.7. The van der Waals surface area contributed by atoms with E-state index in [4.69, 9.17) is 0 Å². The molecule has 2 nitrogen and oxygen atoms in total. The van der Waals surface area contributed by atoms with Crippen molar-refractivity contribution in [3.05, 3.63) is 28.2 Å². The lowest BCUT2D eigenvalue weighted by Gasteiger charge is -2.17. The van der Waals surface area contributed by atoms with Gasteiger partial charge in [0, 0.05) is 16.6 Å². The third-order valence-electron chi connectivity index (χ3n) is 2.02. The number of hydrogen-bond donors (Lipinski definition) is 1. The summed E-state index contributed by atoms with van der Waals surface area (Å²) in [4.78, 5) is 11.7. The van der Waals surface area contributed by atoms with Crippen LogP contribution >= 0.6 is 15.9 Å². The molecule has 0 atom stereocenters. The second-order valence-electron chi connectivity index (χ2n) is 5.30. The van der Waals surface area contributed by atoms with Crippen LogP contribution in [0.15, 0.2) is 22.7 Å². The molecule has 0 aliphatic heterocycles. The SMILES string of the molecule is Cc1cc(Br)cc(NC(=O)CC(C)(C)C)c1. The number of nitrogens with one attached hydrogen (secondary N) is 1. The summed E-state index contributed by atoms with van der Waals surface area (Å²) in [5, 5.41) is 2.91. The summed E-state index contributed by atoms with van der Waals surface area (Å²) in [6.45, 7) is 8.17. The number of carbonyl (C=O) groups excluding carboxylic acids is 1. The van der Waals surface area contributed by atoms with Crippen LogP contribution in [-0.4, -0.2) is 5.91 Å². The fourth-order valence-electron chi connectivity index (χ4n) is 1.50. The highest BCUT2D eigenvalue weighted by molar-refractivity contribution is 9.10. The molecule has 0 aliphatic rings. The third-order valence-corrected chi connectivity index (χ3v) is 2.47. The summed E-state index contributed by atoms with van der Waals surface area (Å²) in [5.74, 6) is 0.0602. The Hall–Kier alpha value is -0.830. The molecule has 88 valence electrons. The van der Waals surface area contributed by atoms with Crippen molar-refractivity contribution in [3.8, 4) is 0 Å². The van der Waals surface area contributed by atoms with E-state index in [0.29, 0.717) is 6.42 Å². The Morgan fingerprint density at radius 3 is 2.44 bits per heavy atom. The summed E-state index contributed by atoms with van der Waals surface area (Å²) in [7, 11) is 0. The van der Waals surface area contributed by atoms with Gasteiger partial charge in [0.15, 0.2) is 0 Å².